The van der Waals surface area contributed by atoms with E-state index in [2.05, 4.69) is 38.1 Å². The molecule has 1 saturated carbocycles. The highest BCUT2D eigenvalue weighted by Gasteiger charge is 2.34. The van der Waals surface area contributed by atoms with Gasteiger partial charge in [0.1, 0.15) is 5.75 Å². The smallest absolute Gasteiger partial charge is 0.119 e. The molecule has 1 aromatic carbocycles. The Morgan fingerprint density at radius 3 is 2.44 bits per heavy atom. The molecule has 2 heteroatoms. The van der Waals surface area contributed by atoms with Crippen LogP contribution in [0.2, 0.25) is 0 Å². The van der Waals surface area contributed by atoms with E-state index >= 15 is 0 Å². The van der Waals surface area contributed by atoms with Crippen LogP contribution in [0.3, 0.4) is 0 Å². The van der Waals surface area contributed by atoms with E-state index in [0.29, 0.717) is 17.9 Å². The summed E-state index contributed by atoms with van der Waals surface area (Å²) in [6.45, 7) is 5.22. The maximum absolute atomic E-state index is 5.82. The summed E-state index contributed by atoms with van der Waals surface area (Å²) < 4.78 is 5.67. The summed E-state index contributed by atoms with van der Waals surface area (Å²) in [5.41, 5.74) is 7.17. The molecule has 1 aromatic rings. The van der Waals surface area contributed by atoms with Gasteiger partial charge in [-0.3, -0.25) is 0 Å². The van der Waals surface area contributed by atoms with Crippen LogP contribution in [-0.2, 0) is 0 Å². The van der Waals surface area contributed by atoms with E-state index in [4.69, 9.17) is 10.5 Å². The van der Waals surface area contributed by atoms with Crippen LogP contribution in [0.5, 0.6) is 5.75 Å². The third-order valence-electron chi connectivity index (χ3n) is 3.11. The van der Waals surface area contributed by atoms with E-state index in [9.17, 15) is 0 Å². The van der Waals surface area contributed by atoms with Crippen molar-refractivity contribution in [1.82, 2.24) is 0 Å². The number of benzene rings is 1. The summed E-state index contributed by atoms with van der Waals surface area (Å²) >= 11 is 0. The van der Waals surface area contributed by atoms with Gasteiger partial charge in [0.05, 0.1) is 6.61 Å². The highest BCUT2D eigenvalue weighted by Crippen LogP contribution is 2.39. The molecule has 2 N–H and O–H groups in total. The Kier molecular flexibility index (Phi) is 3.49. The Bertz CT molecular complexity index is 331. The average Bonchev–Trinajstić information content (AvgIpc) is 2.96. The number of hydrogen-bond acceptors (Lipinski definition) is 2. The summed E-state index contributed by atoms with van der Waals surface area (Å²) in [6.07, 6.45) is 2.24. The molecular formula is C14H21NO. The summed E-state index contributed by atoms with van der Waals surface area (Å²) in [5.74, 6) is 2.26. The Balaban J connectivity index is 1.82. The molecule has 0 radical (unpaired) electrons. The first-order chi connectivity index (χ1) is 7.66. The monoisotopic (exact) mass is 219 g/mol. The zero-order valence-corrected chi connectivity index (χ0v) is 10.1. The molecule has 2 atom stereocenters. The number of hydrogen-bond donors (Lipinski definition) is 1. The zero-order chi connectivity index (χ0) is 11.5. The molecule has 2 nitrogen and oxygen atoms in total. The minimum Gasteiger partial charge on any atom is -0.494 e. The average molecular weight is 219 g/mol. The predicted octanol–water partition coefficient (Wildman–Crippen LogP) is 2.93. The highest BCUT2D eigenvalue weighted by atomic mass is 16.5. The van der Waals surface area contributed by atoms with Crippen molar-refractivity contribution in [3.63, 3.8) is 0 Å². The van der Waals surface area contributed by atoms with E-state index in [1.54, 1.807) is 0 Å². The van der Waals surface area contributed by atoms with Crippen molar-refractivity contribution < 1.29 is 4.74 Å². The number of ether oxygens (including phenoxy) is 1. The fourth-order valence-corrected chi connectivity index (χ4v) is 1.82. The third-order valence-corrected chi connectivity index (χ3v) is 3.11. The van der Waals surface area contributed by atoms with Crippen molar-refractivity contribution >= 4 is 0 Å². The molecule has 0 saturated heterocycles. The second-order valence-corrected chi connectivity index (χ2v) is 5.11. The summed E-state index contributed by atoms with van der Waals surface area (Å²) in [6, 6.07) is 8.78. The fourth-order valence-electron chi connectivity index (χ4n) is 1.82. The number of nitrogens with two attached hydrogens (primary N) is 1. The minimum atomic E-state index is 0.382. The molecule has 0 bridgehead atoms. The van der Waals surface area contributed by atoms with Gasteiger partial charge in [-0.05, 0) is 36.5 Å². The van der Waals surface area contributed by atoms with Crippen molar-refractivity contribution in [1.29, 1.82) is 0 Å². The molecule has 1 aliphatic rings. The van der Waals surface area contributed by atoms with Crippen molar-refractivity contribution in [2.24, 2.45) is 11.7 Å². The van der Waals surface area contributed by atoms with Gasteiger partial charge in [0.25, 0.3) is 0 Å². The lowest BCUT2D eigenvalue weighted by Crippen LogP contribution is -2.02. The van der Waals surface area contributed by atoms with Crippen LogP contribution in [0.4, 0.5) is 0 Å². The topological polar surface area (TPSA) is 35.2 Å². The Hall–Kier alpha value is -1.02. The van der Waals surface area contributed by atoms with E-state index in [1.807, 2.05) is 0 Å². The first-order valence-electron chi connectivity index (χ1n) is 6.15. The number of rotatable bonds is 5. The van der Waals surface area contributed by atoms with Gasteiger partial charge in [-0.25, -0.2) is 0 Å². The second kappa shape index (κ2) is 4.88. The predicted molar refractivity (Wildman–Crippen MR) is 66.7 cm³/mol. The molecule has 1 fully saturated rings. The van der Waals surface area contributed by atoms with Crippen LogP contribution in [0.15, 0.2) is 24.3 Å². The molecule has 0 aromatic heterocycles. The quantitative estimate of drug-likeness (QED) is 0.826. The van der Waals surface area contributed by atoms with Gasteiger partial charge in [0.2, 0.25) is 0 Å². The lowest BCUT2D eigenvalue weighted by atomic mass is 10.1. The first kappa shape index (κ1) is 11.5. The molecule has 0 spiro atoms. The van der Waals surface area contributed by atoms with Gasteiger partial charge >= 0.3 is 0 Å². The van der Waals surface area contributed by atoms with E-state index in [1.165, 1.54) is 5.56 Å². The Morgan fingerprint density at radius 1 is 1.31 bits per heavy atom. The van der Waals surface area contributed by atoms with Gasteiger partial charge in [-0.15, -0.1) is 0 Å². The van der Waals surface area contributed by atoms with Crippen LogP contribution in [-0.4, -0.2) is 12.6 Å². The highest BCUT2D eigenvalue weighted by molar-refractivity contribution is 5.33. The molecule has 1 aliphatic carbocycles. The van der Waals surface area contributed by atoms with E-state index in [-0.39, 0.29) is 0 Å². The lowest BCUT2D eigenvalue weighted by molar-refractivity contribution is 0.289. The van der Waals surface area contributed by atoms with Gasteiger partial charge in [0.15, 0.2) is 0 Å². The molecule has 0 amide bonds. The second-order valence-electron chi connectivity index (χ2n) is 5.11. The summed E-state index contributed by atoms with van der Waals surface area (Å²) in [4.78, 5) is 0. The van der Waals surface area contributed by atoms with Crippen LogP contribution in [0, 0.1) is 5.92 Å². The largest absolute Gasteiger partial charge is 0.494 e. The minimum absolute atomic E-state index is 0.382. The van der Waals surface area contributed by atoms with Gasteiger partial charge < -0.3 is 10.5 Å². The van der Waals surface area contributed by atoms with Crippen molar-refractivity contribution in [3.8, 4) is 5.75 Å². The Labute approximate surface area is 97.8 Å². The van der Waals surface area contributed by atoms with Crippen LogP contribution < -0.4 is 10.5 Å². The molecular weight excluding hydrogens is 198 g/mol. The van der Waals surface area contributed by atoms with Crippen LogP contribution in [0.25, 0.3) is 0 Å². The normalized spacial score (nSPS) is 23.5. The third kappa shape index (κ3) is 2.99. The molecule has 16 heavy (non-hydrogen) atoms. The van der Waals surface area contributed by atoms with Gasteiger partial charge in [-0.1, -0.05) is 26.0 Å². The van der Waals surface area contributed by atoms with Gasteiger partial charge in [-0.2, -0.15) is 0 Å². The van der Waals surface area contributed by atoms with Crippen molar-refractivity contribution in [2.45, 2.75) is 38.6 Å². The fraction of sp³-hybridized carbons (Fsp3) is 0.571. The standard InChI is InChI=1S/C14H21NO/c1-10(2)7-8-16-12-5-3-11(4-6-12)13-9-14(13)15/h3-6,10,13-14H,7-9,15H2,1-2H3. The van der Waals surface area contributed by atoms with Crippen molar-refractivity contribution in [3.05, 3.63) is 29.8 Å². The van der Waals surface area contributed by atoms with E-state index in [0.717, 1.165) is 25.2 Å². The van der Waals surface area contributed by atoms with Crippen LogP contribution >= 0.6 is 0 Å². The van der Waals surface area contributed by atoms with Gasteiger partial charge in [0, 0.05) is 12.0 Å². The molecule has 0 aliphatic heterocycles. The molecule has 88 valence electrons. The SMILES string of the molecule is CC(C)CCOc1ccc(C2CC2N)cc1. The summed E-state index contributed by atoms with van der Waals surface area (Å²) in [5, 5.41) is 0. The Morgan fingerprint density at radius 2 is 1.94 bits per heavy atom. The zero-order valence-electron chi connectivity index (χ0n) is 10.1. The van der Waals surface area contributed by atoms with E-state index < -0.39 is 0 Å². The molecule has 2 rings (SSSR count). The maximum Gasteiger partial charge on any atom is 0.119 e. The van der Waals surface area contributed by atoms with Crippen LogP contribution in [0.1, 0.15) is 38.2 Å². The molecule has 0 heterocycles. The first-order valence-corrected chi connectivity index (χ1v) is 6.15. The molecule has 2 unspecified atom stereocenters. The maximum atomic E-state index is 5.82. The summed E-state index contributed by atoms with van der Waals surface area (Å²) in [7, 11) is 0. The lowest BCUT2D eigenvalue weighted by Gasteiger charge is -2.08. The van der Waals surface area contributed by atoms with Crippen molar-refractivity contribution in [2.75, 3.05) is 6.61 Å².